The zero-order valence-electron chi connectivity index (χ0n) is 18.8. The number of aromatic nitrogens is 6. The molecule has 3 heterocycles. The minimum Gasteiger partial charge on any atom is -0.483 e. The monoisotopic (exact) mass is 489 g/mol. The Morgan fingerprint density at radius 2 is 1.94 bits per heavy atom. The van der Waals surface area contributed by atoms with Crippen molar-refractivity contribution in [1.82, 2.24) is 29.5 Å². The molecule has 35 heavy (non-hydrogen) atoms. The van der Waals surface area contributed by atoms with Gasteiger partial charge in [-0.25, -0.2) is 4.68 Å². The van der Waals surface area contributed by atoms with Crippen LogP contribution in [0.5, 0.6) is 5.75 Å². The zero-order valence-corrected chi connectivity index (χ0v) is 19.6. The van der Waals surface area contributed by atoms with Crippen molar-refractivity contribution in [2.24, 2.45) is 0 Å². The number of fused-ring (bicyclic) bond motifs is 1. The van der Waals surface area contributed by atoms with Gasteiger partial charge in [0, 0.05) is 11.1 Å². The number of nitrogens with zero attached hydrogens (tertiary/aromatic N) is 5. The van der Waals surface area contributed by atoms with Gasteiger partial charge >= 0.3 is 0 Å². The Hall–Kier alpha value is -4.44. The van der Waals surface area contributed by atoms with Crippen LogP contribution in [0.4, 0.5) is 5.82 Å². The first-order valence-corrected chi connectivity index (χ1v) is 11.1. The highest BCUT2D eigenvalue weighted by Crippen LogP contribution is 2.20. The van der Waals surface area contributed by atoms with Gasteiger partial charge in [-0.15, -0.1) is 0 Å². The number of hydrogen-bond donors (Lipinski definition) is 2. The van der Waals surface area contributed by atoms with Crippen LogP contribution in [-0.2, 0) is 4.79 Å². The van der Waals surface area contributed by atoms with E-state index in [-0.39, 0.29) is 18.5 Å². The SMILES string of the molecule is Cc1cc(NC(=O)COc2ccccc2C)n(-c2nc3c(cnn3-c3cccc(Cl)c3)c(=O)[nH]2)n1. The maximum absolute atomic E-state index is 12.8. The molecule has 0 atom stereocenters. The molecule has 2 N–H and O–H groups in total. The maximum Gasteiger partial charge on any atom is 0.263 e. The Labute approximate surface area is 204 Å². The average molecular weight is 490 g/mol. The van der Waals surface area contributed by atoms with Crippen LogP contribution in [0.15, 0.2) is 65.6 Å². The van der Waals surface area contributed by atoms with Crippen LogP contribution in [0.2, 0.25) is 5.02 Å². The number of anilines is 1. The number of benzene rings is 2. The van der Waals surface area contributed by atoms with Gasteiger partial charge in [-0.1, -0.05) is 35.9 Å². The van der Waals surface area contributed by atoms with Crippen molar-refractivity contribution in [3.05, 3.63) is 87.4 Å². The molecule has 2 aromatic carbocycles. The molecule has 3 aromatic heterocycles. The third-order valence-electron chi connectivity index (χ3n) is 5.23. The molecule has 0 saturated heterocycles. The van der Waals surface area contributed by atoms with E-state index in [0.717, 1.165) is 5.56 Å². The highest BCUT2D eigenvalue weighted by atomic mass is 35.5. The number of aromatic amines is 1. The van der Waals surface area contributed by atoms with E-state index in [2.05, 4.69) is 25.5 Å². The Kier molecular flexibility index (Phi) is 5.79. The normalized spacial score (nSPS) is 11.1. The van der Waals surface area contributed by atoms with Crippen molar-refractivity contribution in [2.45, 2.75) is 13.8 Å². The van der Waals surface area contributed by atoms with E-state index in [1.807, 2.05) is 25.1 Å². The van der Waals surface area contributed by atoms with Gasteiger partial charge in [-0.3, -0.25) is 14.6 Å². The quantitative estimate of drug-likeness (QED) is 0.376. The van der Waals surface area contributed by atoms with Crippen molar-refractivity contribution in [1.29, 1.82) is 0 Å². The Bertz CT molecular complexity index is 1620. The summed E-state index contributed by atoms with van der Waals surface area (Å²) in [5, 5.41) is 12.3. The van der Waals surface area contributed by atoms with Crippen LogP contribution in [0.25, 0.3) is 22.7 Å². The highest BCUT2D eigenvalue weighted by molar-refractivity contribution is 6.30. The lowest BCUT2D eigenvalue weighted by Gasteiger charge is -2.11. The second kappa shape index (κ2) is 9.07. The third kappa shape index (κ3) is 4.51. The molecule has 0 unspecified atom stereocenters. The van der Waals surface area contributed by atoms with E-state index in [4.69, 9.17) is 16.3 Å². The van der Waals surface area contributed by atoms with Gasteiger partial charge in [-0.2, -0.15) is 19.9 Å². The topological polar surface area (TPSA) is 120 Å². The molecule has 0 spiro atoms. The van der Waals surface area contributed by atoms with Crippen molar-refractivity contribution < 1.29 is 9.53 Å². The number of H-pyrrole nitrogens is 1. The van der Waals surface area contributed by atoms with Crippen molar-refractivity contribution >= 4 is 34.4 Å². The van der Waals surface area contributed by atoms with Gasteiger partial charge in [0.1, 0.15) is 17.0 Å². The largest absolute Gasteiger partial charge is 0.483 e. The fourth-order valence-electron chi connectivity index (χ4n) is 3.59. The molecular weight excluding hydrogens is 470 g/mol. The first-order valence-electron chi connectivity index (χ1n) is 10.7. The minimum atomic E-state index is -0.397. The average Bonchev–Trinajstić information content (AvgIpc) is 3.42. The van der Waals surface area contributed by atoms with Gasteiger partial charge < -0.3 is 10.1 Å². The molecule has 10 nitrogen and oxygen atoms in total. The molecule has 5 aromatic rings. The number of para-hydroxylation sites is 1. The summed E-state index contributed by atoms with van der Waals surface area (Å²) in [6.45, 7) is 3.47. The first kappa shape index (κ1) is 22.4. The second-order valence-electron chi connectivity index (χ2n) is 7.85. The minimum absolute atomic E-state index is 0.120. The molecule has 0 aliphatic rings. The molecule has 5 rings (SSSR count). The number of carbonyl (C=O) groups excluding carboxylic acids is 1. The molecule has 0 saturated carbocycles. The van der Waals surface area contributed by atoms with Crippen molar-refractivity contribution in [3.63, 3.8) is 0 Å². The van der Waals surface area contributed by atoms with Gasteiger partial charge in [0.05, 0.1) is 17.6 Å². The molecule has 11 heteroatoms. The van der Waals surface area contributed by atoms with E-state index in [1.165, 1.54) is 15.6 Å². The fourth-order valence-corrected chi connectivity index (χ4v) is 3.78. The van der Waals surface area contributed by atoms with Gasteiger partial charge in [0.2, 0.25) is 5.95 Å². The van der Waals surface area contributed by atoms with E-state index >= 15 is 0 Å². The lowest BCUT2D eigenvalue weighted by Crippen LogP contribution is -2.23. The number of nitrogens with one attached hydrogen (secondary N) is 2. The van der Waals surface area contributed by atoms with Crippen molar-refractivity contribution in [2.75, 3.05) is 11.9 Å². The summed E-state index contributed by atoms with van der Waals surface area (Å²) in [7, 11) is 0. The Balaban J connectivity index is 1.47. The summed E-state index contributed by atoms with van der Waals surface area (Å²) in [6, 6.07) is 16.1. The lowest BCUT2D eigenvalue weighted by molar-refractivity contribution is -0.118. The van der Waals surface area contributed by atoms with Crippen LogP contribution < -0.4 is 15.6 Å². The maximum atomic E-state index is 12.8. The summed E-state index contributed by atoms with van der Waals surface area (Å²) in [5.74, 6) is 0.687. The predicted octanol–water partition coefficient (Wildman–Crippen LogP) is 3.58. The first-order chi connectivity index (χ1) is 16.9. The lowest BCUT2D eigenvalue weighted by atomic mass is 10.2. The van der Waals surface area contributed by atoms with E-state index in [0.29, 0.717) is 39.0 Å². The second-order valence-corrected chi connectivity index (χ2v) is 8.28. The molecule has 0 fully saturated rings. The number of halogens is 1. The van der Waals surface area contributed by atoms with Crippen LogP contribution in [0.1, 0.15) is 11.3 Å². The number of ether oxygens (including phenoxy) is 1. The van der Waals surface area contributed by atoms with E-state index in [1.54, 1.807) is 43.3 Å². The molecule has 1 amide bonds. The summed E-state index contributed by atoms with van der Waals surface area (Å²) < 4.78 is 8.50. The summed E-state index contributed by atoms with van der Waals surface area (Å²) in [5.41, 5.74) is 2.11. The van der Waals surface area contributed by atoms with Gasteiger partial charge in [0.25, 0.3) is 11.5 Å². The number of rotatable bonds is 6. The molecule has 176 valence electrons. The van der Waals surface area contributed by atoms with Crippen LogP contribution in [0, 0.1) is 13.8 Å². The third-order valence-corrected chi connectivity index (χ3v) is 5.47. The Morgan fingerprint density at radius 3 is 2.74 bits per heavy atom. The summed E-state index contributed by atoms with van der Waals surface area (Å²) in [6.07, 6.45) is 1.44. The van der Waals surface area contributed by atoms with E-state index in [9.17, 15) is 9.59 Å². The van der Waals surface area contributed by atoms with Crippen LogP contribution in [-0.4, -0.2) is 42.0 Å². The Morgan fingerprint density at radius 1 is 1.11 bits per heavy atom. The molecular formula is C24H20ClN7O3. The highest BCUT2D eigenvalue weighted by Gasteiger charge is 2.17. The number of amides is 1. The standard InChI is InChI=1S/C24H20ClN7O3/c1-14-6-3-4-9-19(14)35-13-21(33)27-20-10-15(2)30-32(20)24-28-22-18(23(34)29-24)12-26-31(22)17-8-5-7-16(25)11-17/h3-12H,13H2,1-2H3,(H,27,33)(H,28,29,34). The van der Waals surface area contributed by atoms with Crippen molar-refractivity contribution in [3.8, 4) is 17.4 Å². The van der Waals surface area contributed by atoms with Crippen LogP contribution in [0.3, 0.4) is 0 Å². The van der Waals surface area contributed by atoms with Crippen LogP contribution >= 0.6 is 11.6 Å². The predicted molar refractivity (Wildman–Crippen MR) is 132 cm³/mol. The molecule has 0 aliphatic carbocycles. The molecule has 0 radical (unpaired) electrons. The molecule has 0 aliphatic heterocycles. The smallest absolute Gasteiger partial charge is 0.263 e. The summed E-state index contributed by atoms with van der Waals surface area (Å²) >= 11 is 6.12. The number of aryl methyl sites for hydroxylation is 2. The van der Waals surface area contributed by atoms with E-state index < -0.39 is 5.56 Å². The van der Waals surface area contributed by atoms with Gasteiger partial charge in [0.15, 0.2) is 12.3 Å². The fraction of sp³-hybridized carbons (Fsp3) is 0.125. The number of hydrogen-bond acceptors (Lipinski definition) is 6. The number of carbonyl (C=O) groups is 1. The zero-order chi connectivity index (χ0) is 24.5. The van der Waals surface area contributed by atoms with Gasteiger partial charge in [-0.05, 0) is 43.7 Å². The summed E-state index contributed by atoms with van der Waals surface area (Å²) in [4.78, 5) is 32.7. The molecule has 0 bridgehead atoms.